The minimum absolute atomic E-state index is 0.213. The van der Waals surface area contributed by atoms with E-state index in [0.29, 0.717) is 6.42 Å². The molecule has 1 N–H and O–H groups in total. The summed E-state index contributed by atoms with van der Waals surface area (Å²) >= 11 is 0. The zero-order valence-electron chi connectivity index (χ0n) is 10.5. The number of halogens is 1. The van der Waals surface area contributed by atoms with E-state index in [0.717, 1.165) is 37.2 Å². The van der Waals surface area contributed by atoms with Crippen LogP contribution < -0.4 is 0 Å². The molecule has 17 heavy (non-hydrogen) atoms. The molecule has 1 aliphatic carbocycles. The predicted octanol–water partition coefficient (Wildman–Crippen LogP) is 3.70. The van der Waals surface area contributed by atoms with Gasteiger partial charge in [-0.15, -0.1) is 0 Å². The van der Waals surface area contributed by atoms with E-state index in [4.69, 9.17) is 0 Å². The van der Waals surface area contributed by atoms with Gasteiger partial charge in [-0.25, -0.2) is 4.39 Å². The van der Waals surface area contributed by atoms with E-state index in [2.05, 4.69) is 6.92 Å². The Bertz CT molecular complexity index is 360. The van der Waals surface area contributed by atoms with E-state index in [-0.39, 0.29) is 5.82 Å². The fourth-order valence-electron chi connectivity index (χ4n) is 2.72. The average molecular weight is 236 g/mol. The van der Waals surface area contributed by atoms with Gasteiger partial charge in [0.05, 0.1) is 5.60 Å². The Morgan fingerprint density at radius 2 is 1.94 bits per heavy atom. The van der Waals surface area contributed by atoms with Crippen molar-refractivity contribution in [2.45, 2.75) is 51.0 Å². The van der Waals surface area contributed by atoms with E-state index in [1.165, 1.54) is 18.6 Å². The highest BCUT2D eigenvalue weighted by Gasteiger charge is 2.29. The van der Waals surface area contributed by atoms with Crippen LogP contribution in [0.4, 0.5) is 4.39 Å². The van der Waals surface area contributed by atoms with Crippen molar-refractivity contribution in [3.05, 3.63) is 35.6 Å². The maximum absolute atomic E-state index is 12.8. The minimum Gasteiger partial charge on any atom is -0.390 e. The molecule has 94 valence electrons. The summed E-state index contributed by atoms with van der Waals surface area (Å²) in [7, 11) is 0. The smallest absolute Gasteiger partial charge is 0.123 e. The molecule has 0 aliphatic heterocycles. The Kier molecular flexibility index (Phi) is 3.82. The largest absolute Gasteiger partial charge is 0.390 e. The second kappa shape index (κ2) is 5.18. The van der Waals surface area contributed by atoms with Crippen LogP contribution in [-0.4, -0.2) is 10.7 Å². The highest BCUT2D eigenvalue weighted by atomic mass is 19.1. The van der Waals surface area contributed by atoms with E-state index in [1.807, 2.05) is 0 Å². The number of aliphatic hydroxyl groups is 1. The van der Waals surface area contributed by atoms with Crippen molar-refractivity contribution < 1.29 is 9.50 Å². The first-order valence-corrected chi connectivity index (χ1v) is 6.54. The van der Waals surface area contributed by atoms with Crippen molar-refractivity contribution in [1.29, 1.82) is 0 Å². The molecule has 1 saturated carbocycles. The molecular formula is C15H21FO. The lowest BCUT2D eigenvalue weighted by Crippen LogP contribution is -2.30. The molecule has 0 saturated heterocycles. The van der Waals surface area contributed by atoms with Crippen LogP contribution in [0, 0.1) is 11.7 Å². The lowest BCUT2D eigenvalue weighted by Gasteiger charge is -2.26. The zero-order valence-corrected chi connectivity index (χ0v) is 10.5. The van der Waals surface area contributed by atoms with Crippen LogP contribution in [0.3, 0.4) is 0 Å². The highest BCUT2D eigenvalue weighted by molar-refractivity contribution is 5.18. The second-order valence-corrected chi connectivity index (χ2v) is 5.56. The molecule has 1 aliphatic rings. The lowest BCUT2D eigenvalue weighted by molar-refractivity contribution is 0.0244. The summed E-state index contributed by atoms with van der Waals surface area (Å²) in [5.74, 6) is 0.507. The quantitative estimate of drug-likeness (QED) is 0.776. The monoisotopic (exact) mass is 236 g/mol. The van der Waals surface area contributed by atoms with E-state index in [1.54, 1.807) is 12.1 Å². The average Bonchev–Trinajstić information content (AvgIpc) is 2.45. The van der Waals surface area contributed by atoms with Crippen molar-refractivity contribution in [3.63, 3.8) is 0 Å². The van der Waals surface area contributed by atoms with Crippen LogP contribution in [0.5, 0.6) is 0 Å². The summed E-state index contributed by atoms with van der Waals surface area (Å²) in [6.45, 7) is 2.25. The van der Waals surface area contributed by atoms with Crippen molar-refractivity contribution in [2.24, 2.45) is 5.92 Å². The Balaban J connectivity index is 2.03. The van der Waals surface area contributed by atoms with Gasteiger partial charge in [0.2, 0.25) is 0 Å². The van der Waals surface area contributed by atoms with Crippen LogP contribution in [0.1, 0.15) is 44.6 Å². The molecular weight excluding hydrogens is 215 g/mol. The number of benzene rings is 1. The molecule has 0 radical (unpaired) electrons. The molecule has 0 heterocycles. The number of hydrogen-bond donors (Lipinski definition) is 1. The van der Waals surface area contributed by atoms with Gasteiger partial charge < -0.3 is 5.11 Å². The van der Waals surface area contributed by atoms with Crippen LogP contribution in [0.15, 0.2) is 24.3 Å². The summed E-state index contributed by atoms with van der Waals surface area (Å²) in [5, 5.41) is 10.6. The summed E-state index contributed by atoms with van der Waals surface area (Å²) in [6, 6.07) is 6.50. The third-order valence-electron chi connectivity index (χ3n) is 3.89. The van der Waals surface area contributed by atoms with Gasteiger partial charge in [-0.05, 0) is 42.9 Å². The van der Waals surface area contributed by atoms with Crippen molar-refractivity contribution in [2.75, 3.05) is 0 Å². The molecule has 2 unspecified atom stereocenters. The van der Waals surface area contributed by atoms with Gasteiger partial charge in [-0.3, -0.25) is 0 Å². The Morgan fingerprint density at radius 1 is 1.24 bits per heavy atom. The molecule has 0 amide bonds. The molecule has 2 atom stereocenters. The molecule has 0 aromatic heterocycles. The first-order chi connectivity index (χ1) is 8.07. The van der Waals surface area contributed by atoms with Gasteiger partial charge in [0.15, 0.2) is 0 Å². The van der Waals surface area contributed by atoms with Crippen LogP contribution >= 0.6 is 0 Å². The molecule has 0 spiro atoms. The topological polar surface area (TPSA) is 20.2 Å². The Morgan fingerprint density at radius 3 is 2.65 bits per heavy atom. The summed E-state index contributed by atoms with van der Waals surface area (Å²) in [5.41, 5.74) is 0.450. The van der Waals surface area contributed by atoms with Crippen LogP contribution in [0.2, 0.25) is 0 Å². The number of rotatable bonds is 2. The van der Waals surface area contributed by atoms with Gasteiger partial charge in [-0.2, -0.15) is 0 Å². The first-order valence-electron chi connectivity index (χ1n) is 6.54. The van der Waals surface area contributed by atoms with Gasteiger partial charge in [0.25, 0.3) is 0 Å². The zero-order chi connectivity index (χ0) is 12.3. The molecule has 1 nitrogen and oxygen atoms in total. The number of hydrogen-bond acceptors (Lipinski definition) is 1. The minimum atomic E-state index is -0.581. The maximum Gasteiger partial charge on any atom is 0.123 e. The molecule has 1 aromatic rings. The SMILES string of the molecule is CC1CCCC(O)(Cc2ccc(F)cc2)CC1. The van der Waals surface area contributed by atoms with Gasteiger partial charge in [0, 0.05) is 6.42 Å². The summed E-state index contributed by atoms with van der Waals surface area (Å²) < 4.78 is 12.8. The standard InChI is InChI=1S/C15H21FO/c1-12-3-2-9-15(17,10-8-12)11-13-4-6-14(16)7-5-13/h4-7,12,17H,2-3,8-11H2,1H3. The molecule has 2 rings (SSSR count). The third kappa shape index (κ3) is 3.53. The van der Waals surface area contributed by atoms with Crippen molar-refractivity contribution in [3.8, 4) is 0 Å². The third-order valence-corrected chi connectivity index (χ3v) is 3.89. The Labute approximate surface area is 103 Å². The van der Waals surface area contributed by atoms with Crippen LogP contribution in [-0.2, 0) is 6.42 Å². The fraction of sp³-hybridized carbons (Fsp3) is 0.600. The molecule has 1 aromatic carbocycles. The van der Waals surface area contributed by atoms with E-state index in [9.17, 15) is 9.50 Å². The van der Waals surface area contributed by atoms with Crippen molar-refractivity contribution in [1.82, 2.24) is 0 Å². The molecule has 0 bridgehead atoms. The molecule has 1 fully saturated rings. The van der Waals surface area contributed by atoms with Crippen molar-refractivity contribution >= 4 is 0 Å². The normalized spacial score (nSPS) is 29.9. The highest BCUT2D eigenvalue weighted by Crippen LogP contribution is 2.32. The summed E-state index contributed by atoms with van der Waals surface area (Å²) in [4.78, 5) is 0. The predicted molar refractivity (Wildman–Crippen MR) is 67.3 cm³/mol. The maximum atomic E-state index is 12.8. The lowest BCUT2D eigenvalue weighted by atomic mass is 9.87. The van der Waals surface area contributed by atoms with Gasteiger partial charge in [0.1, 0.15) is 5.82 Å². The molecule has 2 heteroatoms. The fourth-order valence-corrected chi connectivity index (χ4v) is 2.72. The second-order valence-electron chi connectivity index (χ2n) is 5.56. The van der Waals surface area contributed by atoms with E-state index < -0.39 is 5.60 Å². The van der Waals surface area contributed by atoms with Gasteiger partial charge in [-0.1, -0.05) is 31.9 Å². The van der Waals surface area contributed by atoms with E-state index >= 15 is 0 Å². The Hall–Kier alpha value is -0.890. The van der Waals surface area contributed by atoms with Gasteiger partial charge >= 0.3 is 0 Å². The summed E-state index contributed by atoms with van der Waals surface area (Å²) in [6.07, 6.45) is 5.79. The first kappa shape index (κ1) is 12.6. The van der Waals surface area contributed by atoms with Crippen LogP contribution in [0.25, 0.3) is 0 Å².